The summed E-state index contributed by atoms with van der Waals surface area (Å²) in [6.07, 6.45) is 8.89. The zero-order valence-electron chi connectivity index (χ0n) is 24.6. The predicted molar refractivity (Wildman–Crippen MR) is 165 cm³/mol. The standard InChI is InChI=1S/C33H34N4O6/c1-7-20-16(3)24(34-27(20)14-26-17(4)21(8-2)33(43)36-26)13-25-18(5)22(9-11-30(38)39)28(35-25)15-29-23(10-12-31(40)41)19(6)32(42)37-29/h7-8,13-15,34-35H,1-2,9-12H2,3-6H3,(H,37,42)(H,38,39)(H,40,41)/b24-13+,27-14+,29-15+. The first-order valence-electron chi connectivity index (χ1n) is 13.8. The van der Waals surface area contributed by atoms with Crippen molar-refractivity contribution in [2.75, 3.05) is 0 Å². The molecule has 0 aliphatic carbocycles. The van der Waals surface area contributed by atoms with E-state index in [2.05, 4.69) is 33.4 Å². The zero-order valence-corrected chi connectivity index (χ0v) is 24.6. The molecule has 0 atom stereocenters. The van der Waals surface area contributed by atoms with Gasteiger partial charge in [-0.1, -0.05) is 25.3 Å². The van der Waals surface area contributed by atoms with Gasteiger partial charge in [-0.3, -0.25) is 19.2 Å². The number of aliphatic carboxylic acids is 2. The lowest BCUT2D eigenvalue weighted by atomic mass is 10.0. The lowest BCUT2D eigenvalue weighted by Gasteiger charge is -2.06. The second kappa shape index (κ2) is 12.3. The number of H-pyrrole nitrogens is 2. The van der Waals surface area contributed by atoms with Crippen molar-refractivity contribution in [1.82, 2.24) is 15.3 Å². The smallest absolute Gasteiger partial charge is 0.303 e. The number of aromatic amines is 2. The second-order valence-electron chi connectivity index (χ2n) is 10.5. The van der Waals surface area contributed by atoms with E-state index in [9.17, 15) is 29.4 Å². The maximum atomic E-state index is 12.4. The topological polar surface area (TPSA) is 165 Å². The van der Waals surface area contributed by atoms with Gasteiger partial charge in [-0.05, 0) is 86.6 Å². The summed E-state index contributed by atoms with van der Waals surface area (Å²) < 4.78 is 0. The fourth-order valence-electron chi connectivity index (χ4n) is 5.34. The minimum Gasteiger partial charge on any atom is -0.481 e. The minimum absolute atomic E-state index is 0.0942. The predicted octanol–water partition coefficient (Wildman–Crippen LogP) is 3.36. The molecule has 0 saturated heterocycles. The Balaban J connectivity index is 1.85. The van der Waals surface area contributed by atoms with Gasteiger partial charge in [0.25, 0.3) is 11.8 Å². The van der Waals surface area contributed by atoms with E-state index in [1.54, 1.807) is 25.2 Å². The molecule has 4 heterocycles. The van der Waals surface area contributed by atoms with Crippen molar-refractivity contribution in [2.24, 2.45) is 4.99 Å². The molecule has 0 spiro atoms. The van der Waals surface area contributed by atoms with Crippen LogP contribution >= 0.6 is 0 Å². The van der Waals surface area contributed by atoms with Gasteiger partial charge in [-0.2, -0.15) is 0 Å². The monoisotopic (exact) mass is 582 g/mol. The summed E-state index contributed by atoms with van der Waals surface area (Å²) in [5.41, 5.74) is 8.02. The Morgan fingerprint density at radius 1 is 0.814 bits per heavy atom. The van der Waals surface area contributed by atoms with E-state index < -0.39 is 11.9 Å². The van der Waals surface area contributed by atoms with E-state index >= 15 is 0 Å². The van der Waals surface area contributed by atoms with Gasteiger partial charge in [0.1, 0.15) is 0 Å². The van der Waals surface area contributed by atoms with Crippen molar-refractivity contribution in [3.63, 3.8) is 0 Å². The first-order valence-corrected chi connectivity index (χ1v) is 13.8. The van der Waals surface area contributed by atoms with Crippen molar-refractivity contribution in [2.45, 2.75) is 53.4 Å². The number of carbonyl (C=O) groups is 4. The van der Waals surface area contributed by atoms with Crippen LogP contribution in [0.2, 0.25) is 0 Å². The number of rotatable bonds is 11. The largest absolute Gasteiger partial charge is 0.481 e. The molecule has 0 saturated carbocycles. The molecule has 43 heavy (non-hydrogen) atoms. The summed E-state index contributed by atoms with van der Waals surface area (Å²) in [5, 5.41) is 22.9. The minimum atomic E-state index is -0.968. The fraction of sp³-hybridized carbons (Fsp3) is 0.242. The highest BCUT2D eigenvalue weighted by atomic mass is 16.4. The molecule has 2 aliphatic heterocycles. The normalized spacial score (nSPS) is 16.9. The first kappa shape index (κ1) is 30.7. The number of allylic oxidation sites excluding steroid dienone is 2. The lowest BCUT2D eigenvalue weighted by molar-refractivity contribution is -0.138. The Labute approximate surface area is 248 Å². The van der Waals surface area contributed by atoms with Crippen molar-refractivity contribution in [1.29, 1.82) is 0 Å². The van der Waals surface area contributed by atoms with Crippen molar-refractivity contribution in [3.05, 3.63) is 91.6 Å². The quantitative estimate of drug-likeness (QED) is 0.273. The van der Waals surface area contributed by atoms with Crippen LogP contribution in [0.5, 0.6) is 0 Å². The molecule has 5 N–H and O–H groups in total. The maximum Gasteiger partial charge on any atom is 0.303 e. The Hall–Kier alpha value is -5.25. The van der Waals surface area contributed by atoms with Crippen LogP contribution in [0.1, 0.15) is 66.8 Å². The third-order valence-corrected chi connectivity index (χ3v) is 7.87. The molecule has 0 fully saturated rings. The van der Waals surface area contributed by atoms with Crippen molar-refractivity contribution >= 4 is 53.8 Å². The summed E-state index contributed by atoms with van der Waals surface area (Å²) in [5.74, 6) is -2.54. The highest BCUT2D eigenvalue weighted by Gasteiger charge is 2.25. The van der Waals surface area contributed by atoms with Crippen LogP contribution in [0, 0.1) is 13.8 Å². The number of aliphatic imine (C=N–C) groups is 1. The van der Waals surface area contributed by atoms with Gasteiger partial charge in [-0.25, -0.2) is 4.99 Å². The number of aromatic nitrogens is 2. The molecule has 2 aromatic rings. The summed E-state index contributed by atoms with van der Waals surface area (Å²) in [6, 6.07) is 0. The van der Waals surface area contributed by atoms with E-state index in [1.807, 2.05) is 26.8 Å². The lowest BCUT2D eigenvalue weighted by Crippen LogP contribution is -2.15. The molecule has 0 unspecified atom stereocenters. The van der Waals surface area contributed by atoms with E-state index in [1.165, 1.54) is 6.08 Å². The number of nitrogens with zero attached hydrogens (tertiary/aromatic N) is 1. The van der Waals surface area contributed by atoms with Gasteiger partial charge in [0.2, 0.25) is 0 Å². The number of carboxylic acid groups (broad SMARTS) is 2. The molecular formula is C33H34N4O6. The van der Waals surface area contributed by atoms with E-state index in [0.29, 0.717) is 33.8 Å². The molecule has 222 valence electrons. The Bertz CT molecular complexity index is 1860. The van der Waals surface area contributed by atoms with Gasteiger partial charge in [0, 0.05) is 57.3 Å². The Kier molecular flexibility index (Phi) is 8.80. The number of amides is 2. The molecule has 2 amide bonds. The molecule has 4 rings (SSSR count). The number of nitrogens with one attached hydrogen (secondary N) is 3. The average Bonchev–Trinajstić information content (AvgIpc) is 3.59. The Morgan fingerprint density at radius 2 is 1.49 bits per heavy atom. The van der Waals surface area contributed by atoms with Crippen molar-refractivity contribution in [3.8, 4) is 0 Å². The second-order valence-corrected chi connectivity index (χ2v) is 10.5. The van der Waals surface area contributed by atoms with Crippen LogP contribution in [-0.2, 0) is 25.6 Å². The van der Waals surface area contributed by atoms with Gasteiger partial charge in [0.05, 0.1) is 5.71 Å². The molecule has 0 aromatic carbocycles. The van der Waals surface area contributed by atoms with Crippen molar-refractivity contribution < 1.29 is 29.4 Å². The average molecular weight is 583 g/mol. The van der Waals surface area contributed by atoms with Crippen LogP contribution in [0.15, 0.2) is 52.2 Å². The zero-order chi connectivity index (χ0) is 31.6. The first-order chi connectivity index (χ1) is 20.4. The molecule has 10 nitrogen and oxygen atoms in total. The molecule has 0 radical (unpaired) electrons. The maximum absolute atomic E-state index is 12.4. The summed E-state index contributed by atoms with van der Waals surface area (Å²) in [7, 11) is 0. The van der Waals surface area contributed by atoms with E-state index in [4.69, 9.17) is 0 Å². The van der Waals surface area contributed by atoms with Crippen LogP contribution in [-0.4, -0.2) is 49.6 Å². The van der Waals surface area contributed by atoms with Gasteiger partial charge in [-0.15, -0.1) is 0 Å². The fourth-order valence-corrected chi connectivity index (χ4v) is 5.34. The molecule has 0 bridgehead atoms. The number of hydrogen-bond donors (Lipinski definition) is 5. The van der Waals surface area contributed by atoms with Crippen LogP contribution in [0.25, 0.3) is 24.3 Å². The summed E-state index contributed by atoms with van der Waals surface area (Å²) in [6.45, 7) is 15.0. The van der Waals surface area contributed by atoms with Crippen LogP contribution < -0.4 is 16.0 Å². The van der Waals surface area contributed by atoms with Gasteiger partial charge < -0.3 is 25.5 Å². The van der Waals surface area contributed by atoms with E-state index in [-0.39, 0.29) is 37.5 Å². The molecule has 10 heteroatoms. The van der Waals surface area contributed by atoms with E-state index in [0.717, 1.165) is 44.2 Å². The third kappa shape index (κ3) is 6.18. The van der Waals surface area contributed by atoms with Crippen LogP contribution in [0.4, 0.5) is 0 Å². The summed E-state index contributed by atoms with van der Waals surface area (Å²) >= 11 is 0. The molecule has 2 aromatic heterocycles. The Morgan fingerprint density at radius 3 is 2.09 bits per heavy atom. The number of carbonyl (C=O) groups excluding carboxylic acids is 2. The summed E-state index contributed by atoms with van der Waals surface area (Å²) in [4.78, 5) is 58.3. The molecule has 2 aliphatic rings. The van der Waals surface area contributed by atoms with Gasteiger partial charge in [0.15, 0.2) is 0 Å². The third-order valence-electron chi connectivity index (χ3n) is 7.87. The highest BCUT2D eigenvalue weighted by Crippen LogP contribution is 2.29. The number of hydrogen-bond acceptors (Lipinski definition) is 4. The molecular weight excluding hydrogens is 548 g/mol. The van der Waals surface area contributed by atoms with Crippen LogP contribution in [0.3, 0.4) is 0 Å². The SMILES string of the molecule is C=CC1=C(C)C(/C=c2/[nH]/c(=C/c3[nH]c(/C=C4/NC(=O)C(C)=C4CCC(=O)O)c(CCC(=O)O)c3C)c(C)c2C=C)=NC1=O. The van der Waals surface area contributed by atoms with Gasteiger partial charge >= 0.3 is 11.9 Å². The highest BCUT2D eigenvalue weighted by molar-refractivity contribution is 6.31. The number of carboxylic acids is 2.